The molecule has 0 saturated heterocycles. The number of unbranched alkanes of at least 4 members (excludes halogenated alkanes) is 2. The first-order valence-corrected chi connectivity index (χ1v) is 6.06. The fraction of sp³-hybridized carbons (Fsp3) is 0.429. The summed E-state index contributed by atoms with van der Waals surface area (Å²) in [4.78, 5) is 22.8. The van der Waals surface area contributed by atoms with Crippen LogP contribution in [0.5, 0.6) is 0 Å². The molecule has 0 amide bonds. The molecule has 0 heterocycles. The minimum Gasteiger partial charge on any atom is -0.421 e. The maximum Gasteiger partial charge on any atom is 0.351 e. The molecule has 0 aliphatic heterocycles. The first kappa shape index (κ1) is 17.4. The Hall–Kier alpha value is -2.60. The Morgan fingerprint density at radius 1 is 1.05 bits per heavy atom. The van der Waals surface area contributed by atoms with E-state index in [1.54, 1.807) is 12.1 Å². The van der Waals surface area contributed by atoms with E-state index in [1.807, 2.05) is 6.92 Å². The predicted molar refractivity (Wildman–Crippen MR) is 69.6 cm³/mol. The van der Waals surface area contributed by atoms with Crippen molar-refractivity contribution in [2.45, 2.75) is 38.9 Å². The van der Waals surface area contributed by atoms with Gasteiger partial charge in [0.15, 0.2) is 0 Å². The first-order chi connectivity index (χ1) is 9.46. The molecule has 0 saturated carbocycles. The molecule has 0 spiro atoms. The number of rotatable bonds is 8. The number of nitrogens with zero attached hydrogens (tertiary/aromatic N) is 2. The molecule has 0 radical (unpaired) electrons. The summed E-state index contributed by atoms with van der Waals surface area (Å²) >= 11 is 0. The second-order valence-corrected chi connectivity index (χ2v) is 3.92. The van der Waals surface area contributed by atoms with E-state index in [0.29, 0.717) is 6.42 Å². The van der Waals surface area contributed by atoms with Crippen molar-refractivity contribution in [2.24, 2.45) is 0 Å². The van der Waals surface area contributed by atoms with E-state index < -0.39 is 18.2 Å². The number of hydrogen-bond acceptors (Lipinski definition) is 6. The molecule has 0 aromatic heterocycles. The molecule has 0 aliphatic carbocycles. The van der Waals surface area contributed by atoms with Gasteiger partial charge in [-0.05, 0) is 6.42 Å². The Morgan fingerprint density at radius 2 is 1.50 bits per heavy atom. The quantitative estimate of drug-likeness (QED) is 0.221. The van der Waals surface area contributed by atoms with Gasteiger partial charge < -0.3 is 9.47 Å². The molecule has 0 rings (SSSR count). The van der Waals surface area contributed by atoms with Crippen molar-refractivity contribution in [1.82, 2.24) is 0 Å². The average molecular weight is 276 g/mol. The van der Waals surface area contributed by atoms with Crippen LogP contribution in [-0.2, 0) is 19.1 Å². The monoisotopic (exact) mass is 276 g/mol. The van der Waals surface area contributed by atoms with E-state index in [-0.39, 0.29) is 17.6 Å². The minimum absolute atomic E-state index is 0.280. The summed E-state index contributed by atoms with van der Waals surface area (Å²) in [6.45, 7) is 8.40. The summed E-state index contributed by atoms with van der Waals surface area (Å²) in [5.41, 5.74) is -0.777. The van der Waals surface area contributed by atoms with Crippen molar-refractivity contribution < 1.29 is 19.1 Å². The van der Waals surface area contributed by atoms with E-state index in [2.05, 4.69) is 13.2 Å². The maximum atomic E-state index is 11.4. The fourth-order valence-electron chi connectivity index (χ4n) is 1.18. The van der Waals surface area contributed by atoms with Crippen LogP contribution in [0.25, 0.3) is 0 Å². The van der Waals surface area contributed by atoms with Crippen molar-refractivity contribution in [1.29, 1.82) is 10.5 Å². The average Bonchev–Trinajstić information content (AvgIpc) is 2.45. The van der Waals surface area contributed by atoms with Gasteiger partial charge in [-0.2, -0.15) is 10.5 Å². The van der Waals surface area contributed by atoms with Crippen LogP contribution in [0.1, 0.15) is 32.6 Å². The highest BCUT2D eigenvalue weighted by Crippen LogP contribution is 2.12. The zero-order valence-corrected chi connectivity index (χ0v) is 11.3. The summed E-state index contributed by atoms with van der Waals surface area (Å²) in [6.07, 6.45) is 1.59. The summed E-state index contributed by atoms with van der Waals surface area (Å²) in [6, 6.07) is 3.09. The molecule has 0 bridgehead atoms. The molecule has 0 aromatic rings. The van der Waals surface area contributed by atoms with Gasteiger partial charge in [0.2, 0.25) is 6.29 Å². The summed E-state index contributed by atoms with van der Waals surface area (Å²) in [7, 11) is 0. The third-order valence-electron chi connectivity index (χ3n) is 2.28. The molecule has 0 atom stereocenters. The summed E-state index contributed by atoms with van der Waals surface area (Å²) in [5, 5.41) is 17.1. The Bertz CT molecular complexity index is 442. The van der Waals surface area contributed by atoms with E-state index in [4.69, 9.17) is 20.0 Å². The fourth-order valence-corrected chi connectivity index (χ4v) is 1.18. The van der Waals surface area contributed by atoms with Gasteiger partial charge in [-0.3, -0.25) is 0 Å². The lowest BCUT2D eigenvalue weighted by atomic mass is 10.2. The van der Waals surface area contributed by atoms with Crippen molar-refractivity contribution in [2.75, 3.05) is 0 Å². The molecule has 6 heteroatoms. The van der Waals surface area contributed by atoms with Gasteiger partial charge in [-0.25, -0.2) is 9.59 Å². The van der Waals surface area contributed by atoms with Gasteiger partial charge in [-0.1, -0.05) is 32.9 Å². The summed E-state index contributed by atoms with van der Waals surface area (Å²) in [5.74, 6) is -1.91. The Kier molecular flexibility index (Phi) is 8.13. The molecule has 0 aliphatic rings. The van der Waals surface area contributed by atoms with E-state index in [0.717, 1.165) is 12.8 Å². The van der Waals surface area contributed by atoms with E-state index >= 15 is 0 Å². The number of carbonyl (C=O) groups is 2. The first-order valence-electron chi connectivity index (χ1n) is 6.06. The Morgan fingerprint density at radius 3 is 1.85 bits per heavy atom. The van der Waals surface area contributed by atoms with Crippen LogP contribution in [0, 0.1) is 22.7 Å². The molecule has 0 fully saturated rings. The molecule has 6 nitrogen and oxygen atoms in total. The topological polar surface area (TPSA) is 100 Å². The van der Waals surface area contributed by atoms with Gasteiger partial charge in [0.05, 0.1) is 0 Å². The van der Waals surface area contributed by atoms with Gasteiger partial charge in [0, 0.05) is 6.42 Å². The number of carbonyl (C=O) groups excluding carboxylic acids is 2. The Labute approximate surface area is 117 Å². The van der Waals surface area contributed by atoms with Crippen molar-refractivity contribution in [3.63, 3.8) is 0 Å². The molecular weight excluding hydrogens is 260 g/mol. The molecule has 0 N–H and O–H groups in total. The Balaban J connectivity index is 4.65. The van der Waals surface area contributed by atoms with E-state index in [9.17, 15) is 9.59 Å². The van der Waals surface area contributed by atoms with Crippen LogP contribution in [0.3, 0.4) is 0 Å². The van der Waals surface area contributed by atoms with Gasteiger partial charge in [0.25, 0.3) is 0 Å². The second-order valence-electron chi connectivity index (χ2n) is 3.92. The van der Waals surface area contributed by atoms with Crippen LogP contribution in [0.15, 0.2) is 24.3 Å². The molecule has 106 valence electrons. The highest BCUT2D eigenvalue weighted by Gasteiger charge is 2.21. The zero-order chi connectivity index (χ0) is 15.5. The SMILES string of the molecule is C=C(C#N)C(=O)OC(CCCCC)OC(=O)C(=C)C#N. The number of hydrogen-bond donors (Lipinski definition) is 0. The zero-order valence-electron chi connectivity index (χ0n) is 11.3. The molecule has 0 aromatic carbocycles. The standard InChI is InChI=1S/C14H16N2O4/c1-4-5-6-7-12(19-13(17)10(2)8-15)20-14(18)11(3)9-16/h12H,2-7H2,1H3. The van der Waals surface area contributed by atoms with Crippen molar-refractivity contribution in [3.8, 4) is 12.1 Å². The number of nitriles is 2. The molecular formula is C14H16N2O4. The van der Waals surface area contributed by atoms with Crippen molar-refractivity contribution >= 4 is 11.9 Å². The number of ether oxygens (including phenoxy) is 2. The smallest absolute Gasteiger partial charge is 0.351 e. The van der Waals surface area contributed by atoms with Crippen LogP contribution in [0.2, 0.25) is 0 Å². The second kappa shape index (κ2) is 9.35. The van der Waals surface area contributed by atoms with Crippen molar-refractivity contribution in [3.05, 3.63) is 24.3 Å². The molecule has 0 unspecified atom stereocenters. The third-order valence-corrected chi connectivity index (χ3v) is 2.28. The van der Waals surface area contributed by atoms with Crippen LogP contribution < -0.4 is 0 Å². The third kappa shape index (κ3) is 6.36. The molecule has 20 heavy (non-hydrogen) atoms. The van der Waals surface area contributed by atoms with Gasteiger partial charge in [0.1, 0.15) is 23.3 Å². The lowest BCUT2D eigenvalue weighted by Crippen LogP contribution is -2.25. The minimum atomic E-state index is -1.16. The van der Waals surface area contributed by atoms with Crippen LogP contribution in [0.4, 0.5) is 0 Å². The number of esters is 2. The highest BCUT2D eigenvalue weighted by molar-refractivity contribution is 5.93. The van der Waals surface area contributed by atoms with Crippen LogP contribution >= 0.6 is 0 Å². The lowest BCUT2D eigenvalue weighted by molar-refractivity contribution is -0.183. The lowest BCUT2D eigenvalue weighted by Gasteiger charge is -2.17. The van der Waals surface area contributed by atoms with Gasteiger partial charge in [-0.15, -0.1) is 0 Å². The largest absolute Gasteiger partial charge is 0.421 e. The normalized spacial score (nSPS) is 9.20. The highest BCUT2D eigenvalue weighted by atomic mass is 16.7. The predicted octanol–water partition coefficient (Wildman–Crippen LogP) is 2.14. The van der Waals surface area contributed by atoms with Crippen LogP contribution in [-0.4, -0.2) is 18.2 Å². The summed E-state index contributed by atoms with van der Waals surface area (Å²) < 4.78 is 9.72. The van der Waals surface area contributed by atoms with E-state index in [1.165, 1.54) is 0 Å². The maximum absolute atomic E-state index is 11.4. The van der Waals surface area contributed by atoms with Gasteiger partial charge >= 0.3 is 11.9 Å².